The molecule has 0 radical (unpaired) electrons. The first-order chi connectivity index (χ1) is 16.6. The number of rotatable bonds is 10. The van der Waals surface area contributed by atoms with Crippen LogP contribution in [0, 0.1) is 6.92 Å². The van der Waals surface area contributed by atoms with Crippen LogP contribution < -0.4 is 0 Å². The van der Waals surface area contributed by atoms with E-state index in [1.807, 2.05) is 25.2 Å². The Morgan fingerprint density at radius 1 is 1.06 bits per heavy atom. The summed E-state index contributed by atoms with van der Waals surface area (Å²) in [6, 6.07) is 23.1. The molecule has 1 aliphatic heterocycles. The smallest absolute Gasteiger partial charge is 0.228 e. The summed E-state index contributed by atoms with van der Waals surface area (Å²) in [4.78, 5) is 20.8. The first kappa shape index (κ1) is 24.1. The van der Waals surface area contributed by atoms with Gasteiger partial charge in [0.15, 0.2) is 0 Å². The third kappa shape index (κ3) is 5.72. The average Bonchev–Trinajstić information content (AvgIpc) is 2.84. The molecule has 5 nitrogen and oxygen atoms in total. The molecule has 0 saturated carbocycles. The summed E-state index contributed by atoms with van der Waals surface area (Å²) in [5.41, 5.74) is 5.89. The first-order valence-corrected chi connectivity index (χ1v) is 12.2. The second kappa shape index (κ2) is 11.4. The lowest BCUT2D eigenvalue weighted by Crippen LogP contribution is -2.56. The summed E-state index contributed by atoms with van der Waals surface area (Å²) < 4.78 is 0. The van der Waals surface area contributed by atoms with Gasteiger partial charge in [-0.05, 0) is 60.7 Å². The van der Waals surface area contributed by atoms with E-state index in [-0.39, 0.29) is 18.6 Å². The molecule has 2 heterocycles. The zero-order chi connectivity index (χ0) is 23.9. The van der Waals surface area contributed by atoms with Gasteiger partial charge in [-0.3, -0.25) is 14.7 Å². The minimum atomic E-state index is 0.102. The summed E-state index contributed by atoms with van der Waals surface area (Å²) in [6.07, 6.45) is 4.03. The molecule has 178 valence electrons. The Kier molecular flexibility index (Phi) is 8.09. The zero-order valence-corrected chi connectivity index (χ0v) is 20.2. The number of nitrogens with zero attached hydrogens (tertiary/aromatic N) is 3. The molecule has 1 amide bonds. The molecule has 1 aliphatic rings. The molecule has 34 heavy (non-hydrogen) atoms. The molecule has 5 heteroatoms. The number of amides is 1. The third-order valence-electron chi connectivity index (χ3n) is 7.02. The number of hydrogen-bond acceptors (Lipinski definition) is 4. The summed E-state index contributed by atoms with van der Waals surface area (Å²) in [6.45, 7) is 4.98. The van der Waals surface area contributed by atoms with Crippen molar-refractivity contribution in [2.75, 3.05) is 33.3 Å². The quantitative estimate of drug-likeness (QED) is 0.461. The van der Waals surface area contributed by atoms with Crippen LogP contribution in [0.5, 0.6) is 0 Å². The molecule has 1 N–H and O–H groups in total. The van der Waals surface area contributed by atoms with Crippen molar-refractivity contribution in [3.05, 3.63) is 89.7 Å². The summed E-state index contributed by atoms with van der Waals surface area (Å²) in [5, 5.41) is 10.0. The number of likely N-dealkylation sites (N-methyl/N-ethyl adjacent to an activating group) is 1. The van der Waals surface area contributed by atoms with Crippen molar-refractivity contribution in [1.82, 2.24) is 14.8 Å². The van der Waals surface area contributed by atoms with Crippen molar-refractivity contribution < 1.29 is 9.90 Å². The standard InChI is InChI=1S/C29H35N3O2/c1-22-9-3-4-11-26(22)23-12-14-24(15-13-23)27-20-32(28(27)21-33)18-8-7-17-31(2)29(34)19-25-10-5-6-16-30-25/h3-6,9-16,27-28,33H,7-8,17-21H2,1-2H3. The lowest BCUT2D eigenvalue weighted by molar-refractivity contribution is -0.129. The Labute approximate surface area is 203 Å². The van der Waals surface area contributed by atoms with E-state index < -0.39 is 0 Å². The fourth-order valence-corrected chi connectivity index (χ4v) is 4.84. The van der Waals surface area contributed by atoms with Crippen LogP contribution >= 0.6 is 0 Å². The molecule has 4 rings (SSSR count). The van der Waals surface area contributed by atoms with Gasteiger partial charge in [0, 0.05) is 44.0 Å². The fraction of sp³-hybridized carbons (Fsp3) is 0.379. The van der Waals surface area contributed by atoms with Crippen molar-refractivity contribution in [3.8, 4) is 11.1 Å². The molecular weight excluding hydrogens is 422 g/mol. The largest absolute Gasteiger partial charge is 0.395 e. The van der Waals surface area contributed by atoms with Crippen LogP contribution in [0.3, 0.4) is 0 Å². The fourth-order valence-electron chi connectivity index (χ4n) is 4.84. The van der Waals surface area contributed by atoms with Crippen LogP contribution in [-0.2, 0) is 11.2 Å². The molecule has 1 saturated heterocycles. The van der Waals surface area contributed by atoms with E-state index >= 15 is 0 Å². The van der Waals surface area contributed by atoms with Gasteiger partial charge in [-0.25, -0.2) is 0 Å². The highest BCUT2D eigenvalue weighted by Crippen LogP contribution is 2.35. The number of benzene rings is 2. The van der Waals surface area contributed by atoms with Crippen LogP contribution in [0.15, 0.2) is 72.9 Å². The van der Waals surface area contributed by atoms with E-state index in [1.54, 1.807) is 11.1 Å². The lowest BCUT2D eigenvalue weighted by atomic mass is 9.82. The number of aryl methyl sites for hydroxylation is 1. The minimum absolute atomic E-state index is 0.102. The summed E-state index contributed by atoms with van der Waals surface area (Å²) >= 11 is 0. The lowest BCUT2D eigenvalue weighted by Gasteiger charge is -2.48. The highest BCUT2D eigenvalue weighted by molar-refractivity contribution is 5.78. The predicted octanol–water partition coefficient (Wildman–Crippen LogP) is 4.30. The predicted molar refractivity (Wildman–Crippen MR) is 137 cm³/mol. The van der Waals surface area contributed by atoms with Gasteiger partial charge in [-0.15, -0.1) is 0 Å². The third-order valence-corrected chi connectivity index (χ3v) is 7.02. The topological polar surface area (TPSA) is 56.7 Å². The molecule has 0 spiro atoms. The number of likely N-dealkylation sites (tertiary alicyclic amines) is 1. The van der Waals surface area contributed by atoms with Gasteiger partial charge in [0.05, 0.1) is 13.0 Å². The normalized spacial score (nSPS) is 17.9. The number of aliphatic hydroxyl groups is 1. The van der Waals surface area contributed by atoms with Crippen molar-refractivity contribution in [2.45, 2.75) is 38.1 Å². The van der Waals surface area contributed by atoms with Crippen molar-refractivity contribution in [1.29, 1.82) is 0 Å². The van der Waals surface area contributed by atoms with Crippen LogP contribution in [0.4, 0.5) is 0 Å². The Morgan fingerprint density at radius 3 is 2.53 bits per heavy atom. The van der Waals surface area contributed by atoms with Crippen LogP contribution in [0.25, 0.3) is 11.1 Å². The van der Waals surface area contributed by atoms with Gasteiger partial charge in [0.25, 0.3) is 0 Å². The first-order valence-electron chi connectivity index (χ1n) is 12.2. The van der Waals surface area contributed by atoms with Gasteiger partial charge < -0.3 is 10.0 Å². The Morgan fingerprint density at radius 2 is 1.82 bits per heavy atom. The van der Waals surface area contributed by atoms with E-state index in [4.69, 9.17) is 0 Å². The molecule has 0 aliphatic carbocycles. The molecule has 3 aromatic rings. The molecule has 0 bridgehead atoms. The van der Waals surface area contributed by atoms with E-state index in [0.29, 0.717) is 12.3 Å². The van der Waals surface area contributed by atoms with Gasteiger partial charge in [-0.1, -0.05) is 54.6 Å². The van der Waals surface area contributed by atoms with Crippen LogP contribution in [-0.4, -0.2) is 65.1 Å². The summed E-state index contributed by atoms with van der Waals surface area (Å²) in [5.74, 6) is 0.476. The number of carbonyl (C=O) groups is 1. The Hall–Kier alpha value is -3.02. The maximum absolute atomic E-state index is 12.4. The van der Waals surface area contributed by atoms with Gasteiger partial charge in [-0.2, -0.15) is 0 Å². The van der Waals surface area contributed by atoms with Crippen LogP contribution in [0.1, 0.15) is 35.6 Å². The number of pyridine rings is 1. The number of aliphatic hydroxyl groups excluding tert-OH is 1. The number of unbranched alkanes of at least 4 members (excludes halogenated alkanes) is 1. The molecule has 2 unspecified atom stereocenters. The van der Waals surface area contributed by atoms with E-state index in [9.17, 15) is 9.90 Å². The minimum Gasteiger partial charge on any atom is -0.395 e. The summed E-state index contributed by atoms with van der Waals surface area (Å²) in [7, 11) is 1.86. The van der Waals surface area contributed by atoms with Crippen molar-refractivity contribution >= 4 is 5.91 Å². The second-order valence-corrected chi connectivity index (χ2v) is 9.31. The maximum atomic E-state index is 12.4. The van der Waals surface area contributed by atoms with Crippen molar-refractivity contribution in [3.63, 3.8) is 0 Å². The number of aromatic nitrogens is 1. The Balaban J connectivity index is 1.22. The van der Waals surface area contributed by atoms with Gasteiger partial charge in [0.2, 0.25) is 5.91 Å². The molecule has 1 fully saturated rings. The van der Waals surface area contributed by atoms with E-state index in [1.165, 1.54) is 22.3 Å². The van der Waals surface area contributed by atoms with Crippen molar-refractivity contribution in [2.24, 2.45) is 0 Å². The highest BCUT2D eigenvalue weighted by atomic mass is 16.3. The maximum Gasteiger partial charge on any atom is 0.228 e. The Bertz CT molecular complexity index is 1070. The zero-order valence-electron chi connectivity index (χ0n) is 20.2. The van der Waals surface area contributed by atoms with Gasteiger partial charge in [0.1, 0.15) is 0 Å². The highest BCUT2D eigenvalue weighted by Gasteiger charge is 2.38. The van der Waals surface area contributed by atoms with Gasteiger partial charge >= 0.3 is 0 Å². The monoisotopic (exact) mass is 457 g/mol. The van der Waals surface area contributed by atoms with E-state index in [2.05, 4.69) is 65.3 Å². The molecular formula is C29H35N3O2. The van der Waals surface area contributed by atoms with E-state index in [0.717, 1.165) is 38.2 Å². The number of carbonyl (C=O) groups excluding carboxylic acids is 1. The second-order valence-electron chi connectivity index (χ2n) is 9.31. The SMILES string of the molecule is Cc1ccccc1-c1ccc(C2CN(CCCCN(C)C(=O)Cc3ccccn3)C2CO)cc1. The molecule has 2 aromatic carbocycles. The molecule has 1 aromatic heterocycles. The average molecular weight is 458 g/mol. The number of hydrogen-bond donors (Lipinski definition) is 1. The molecule has 2 atom stereocenters. The van der Waals surface area contributed by atoms with Crippen LogP contribution in [0.2, 0.25) is 0 Å².